The fourth-order valence-electron chi connectivity index (χ4n) is 9.66. The number of hydrogen-bond donors (Lipinski definition) is 1. The van der Waals surface area contributed by atoms with Crippen molar-refractivity contribution < 1.29 is 32.7 Å². The summed E-state index contributed by atoms with van der Waals surface area (Å²) < 4.78 is 36.6. The number of nitrogens with one attached hydrogen (secondary N) is 1. The molecule has 5 aliphatic rings. The van der Waals surface area contributed by atoms with E-state index in [2.05, 4.69) is 30.9 Å². The first-order valence-corrected chi connectivity index (χ1v) is 21.0. The maximum atomic E-state index is 15.6. The van der Waals surface area contributed by atoms with Gasteiger partial charge in [0.1, 0.15) is 23.4 Å². The third-order valence-electron chi connectivity index (χ3n) is 13.1. The van der Waals surface area contributed by atoms with Crippen molar-refractivity contribution in [3.8, 4) is 5.75 Å². The van der Waals surface area contributed by atoms with Crippen LogP contribution in [0, 0.1) is 24.1 Å². The molecule has 4 saturated heterocycles. The molecule has 4 fully saturated rings. The Labute approximate surface area is 349 Å². The zero-order chi connectivity index (χ0) is 42.2. The normalized spacial score (nSPS) is 22.8. The number of amides is 4. The molecule has 0 radical (unpaired) electrons. The van der Waals surface area contributed by atoms with E-state index < -0.39 is 23.6 Å². The average Bonchev–Trinajstić information content (AvgIpc) is 3.57. The molecule has 316 valence electrons. The van der Waals surface area contributed by atoms with Gasteiger partial charge < -0.3 is 29.2 Å². The van der Waals surface area contributed by atoms with Gasteiger partial charge in [-0.1, -0.05) is 6.07 Å². The van der Waals surface area contributed by atoms with Crippen molar-refractivity contribution in [2.45, 2.75) is 70.6 Å². The summed E-state index contributed by atoms with van der Waals surface area (Å²) in [5, 5.41) is 2.36. The molecule has 0 bridgehead atoms. The van der Waals surface area contributed by atoms with Gasteiger partial charge in [-0.25, -0.2) is 13.6 Å². The quantitative estimate of drug-likeness (QED) is 0.236. The molecule has 3 aromatic carbocycles. The summed E-state index contributed by atoms with van der Waals surface area (Å²) in [7, 11) is 1.53. The number of piperazine rings is 2. The van der Waals surface area contributed by atoms with E-state index in [1.54, 1.807) is 15.9 Å². The average molecular weight is 823 g/mol. The van der Waals surface area contributed by atoms with Crippen molar-refractivity contribution in [2.24, 2.45) is 5.92 Å². The summed E-state index contributed by atoms with van der Waals surface area (Å²) >= 11 is 0. The van der Waals surface area contributed by atoms with Crippen molar-refractivity contribution in [2.75, 3.05) is 80.7 Å². The van der Waals surface area contributed by atoms with E-state index in [1.165, 1.54) is 19.2 Å². The Hall–Kier alpha value is -5.75. The minimum atomic E-state index is -0.633. The Morgan fingerprint density at radius 1 is 0.850 bits per heavy atom. The maximum absolute atomic E-state index is 15.6. The predicted octanol–water partition coefficient (Wildman–Crippen LogP) is 4.99. The van der Waals surface area contributed by atoms with Crippen molar-refractivity contribution in [3.63, 3.8) is 0 Å². The SMILES string of the molecule is [C-]#[N+]c1ccc(N2C[C@@H](C)N(C(=O)Cc3cc(F)c(N4CCC(CN5CCN(c6ccc7c(c6)CN([C@H]6CCC(=O)NC6=O)C7=O)CC5)CC4)cc3F)C[C@@H]2C)cc1OC. The molecule has 60 heavy (non-hydrogen) atoms. The first-order valence-electron chi connectivity index (χ1n) is 21.0. The number of halogens is 2. The van der Waals surface area contributed by atoms with Crippen LogP contribution < -0.4 is 24.8 Å². The van der Waals surface area contributed by atoms with Crippen LogP contribution in [0.1, 0.15) is 61.0 Å². The summed E-state index contributed by atoms with van der Waals surface area (Å²) in [6.07, 6.45) is 2.07. The Morgan fingerprint density at radius 2 is 1.60 bits per heavy atom. The summed E-state index contributed by atoms with van der Waals surface area (Å²) in [4.78, 5) is 66.5. The zero-order valence-corrected chi connectivity index (χ0v) is 34.5. The minimum absolute atomic E-state index is 0.0439. The maximum Gasteiger partial charge on any atom is 0.255 e. The number of hydrogen-bond acceptors (Lipinski definition) is 9. The Kier molecular flexibility index (Phi) is 11.7. The van der Waals surface area contributed by atoms with Gasteiger partial charge in [0.2, 0.25) is 23.4 Å². The largest absolute Gasteiger partial charge is 0.508 e. The molecule has 13 nitrogen and oxygen atoms in total. The lowest BCUT2D eigenvalue weighted by Crippen LogP contribution is -2.58. The van der Waals surface area contributed by atoms with E-state index in [0.717, 1.165) is 62.5 Å². The highest BCUT2D eigenvalue weighted by Crippen LogP contribution is 2.35. The summed E-state index contributed by atoms with van der Waals surface area (Å²) in [5.74, 6) is -1.29. The van der Waals surface area contributed by atoms with Crippen LogP contribution in [0.5, 0.6) is 5.75 Å². The van der Waals surface area contributed by atoms with E-state index in [-0.39, 0.29) is 53.9 Å². The molecule has 3 aromatic rings. The van der Waals surface area contributed by atoms with Gasteiger partial charge in [-0.15, -0.1) is 0 Å². The van der Waals surface area contributed by atoms with Crippen LogP contribution in [0.25, 0.3) is 4.85 Å². The zero-order valence-electron chi connectivity index (χ0n) is 34.5. The number of benzene rings is 3. The number of anilines is 3. The number of ether oxygens (including phenoxy) is 1. The van der Waals surface area contributed by atoms with Crippen molar-refractivity contribution in [3.05, 3.63) is 88.3 Å². The summed E-state index contributed by atoms with van der Waals surface area (Å²) in [6, 6.07) is 12.9. The topological polar surface area (TPSA) is 113 Å². The molecular formula is C45H52F2N8O5. The van der Waals surface area contributed by atoms with E-state index >= 15 is 8.78 Å². The third-order valence-corrected chi connectivity index (χ3v) is 13.1. The van der Waals surface area contributed by atoms with Gasteiger partial charge in [0, 0.05) is 113 Å². The molecule has 8 rings (SSSR count). The number of piperidine rings is 2. The molecule has 15 heteroatoms. The molecule has 0 saturated carbocycles. The molecule has 0 unspecified atom stereocenters. The van der Waals surface area contributed by atoms with Crippen molar-refractivity contribution >= 4 is 46.4 Å². The van der Waals surface area contributed by atoms with Crippen molar-refractivity contribution in [1.82, 2.24) is 20.0 Å². The molecule has 4 amide bonds. The highest BCUT2D eigenvalue weighted by molar-refractivity contribution is 6.05. The smallest absolute Gasteiger partial charge is 0.255 e. The summed E-state index contributed by atoms with van der Waals surface area (Å²) in [6.45, 7) is 18.3. The first kappa shape index (κ1) is 41.0. The number of nitrogens with zero attached hydrogens (tertiary/aromatic N) is 7. The van der Waals surface area contributed by atoms with Crippen molar-refractivity contribution in [1.29, 1.82) is 0 Å². The van der Waals surface area contributed by atoms with Gasteiger partial charge in [0.25, 0.3) is 5.91 Å². The van der Waals surface area contributed by atoms with Gasteiger partial charge in [0.05, 0.1) is 25.8 Å². The number of methoxy groups -OCH3 is 1. The third kappa shape index (κ3) is 8.22. The van der Waals surface area contributed by atoms with E-state index in [0.29, 0.717) is 62.1 Å². The number of fused-ring (bicyclic) bond motifs is 1. The van der Waals surface area contributed by atoms with Gasteiger partial charge in [-0.05, 0) is 81.0 Å². The predicted molar refractivity (Wildman–Crippen MR) is 223 cm³/mol. The standard InChI is InChI=1S/C45H52F2N8O5/c1-28-25-54(29(2)24-53(28)34-6-8-38(48-3)41(22-34)60-4)43(57)21-31-20-37(47)40(23-36(31)46)52-13-11-30(12-14-52)26-50-15-17-51(18-16-50)33-5-7-35-32(19-33)27-55(45(35)59)39-9-10-42(56)49-44(39)58/h5-8,19-20,22-23,28-30,39H,9-18,21,24-27H2,1-2,4H3,(H,49,56,58)/t28-,29+,39-/m0/s1. The van der Waals surface area contributed by atoms with Gasteiger partial charge in [-0.3, -0.25) is 29.4 Å². The van der Waals surface area contributed by atoms with Crippen LogP contribution in [0.15, 0.2) is 48.5 Å². The van der Waals surface area contributed by atoms with Crippen LogP contribution in [0.3, 0.4) is 0 Å². The van der Waals surface area contributed by atoms with Gasteiger partial charge in [-0.2, -0.15) is 0 Å². The molecule has 5 aliphatic heterocycles. The molecule has 0 aliphatic carbocycles. The molecular weight excluding hydrogens is 771 g/mol. The van der Waals surface area contributed by atoms with Gasteiger partial charge >= 0.3 is 0 Å². The van der Waals surface area contributed by atoms with Gasteiger partial charge in [0.15, 0.2) is 0 Å². The summed E-state index contributed by atoms with van der Waals surface area (Å²) in [5.41, 5.74) is 4.18. The van der Waals surface area contributed by atoms with Crippen LogP contribution in [0.4, 0.5) is 31.5 Å². The van der Waals surface area contributed by atoms with E-state index in [9.17, 15) is 19.2 Å². The number of rotatable bonds is 9. The fraction of sp³-hybridized carbons (Fsp3) is 0.489. The van der Waals surface area contributed by atoms with E-state index in [1.807, 2.05) is 43.0 Å². The second-order valence-corrected chi connectivity index (χ2v) is 16.9. The Bertz CT molecular complexity index is 2220. The molecule has 3 atom stereocenters. The minimum Gasteiger partial charge on any atom is -0.508 e. The van der Waals surface area contributed by atoms with Crippen LogP contribution in [-0.4, -0.2) is 122 Å². The van der Waals surface area contributed by atoms with Crippen LogP contribution in [-0.2, 0) is 27.3 Å². The number of carbonyl (C=O) groups excluding carboxylic acids is 4. The first-order chi connectivity index (χ1) is 28.9. The lowest BCUT2D eigenvalue weighted by Gasteiger charge is -2.45. The van der Waals surface area contributed by atoms with Crippen LogP contribution in [0.2, 0.25) is 0 Å². The number of carbonyl (C=O) groups is 4. The molecule has 0 aromatic heterocycles. The second kappa shape index (κ2) is 17.1. The molecule has 0 spiro atoms. The lowest BCUT2D eigenvalue weighted by atomic mass is 9.95. The van der Waals surface area contributed by atoms with Crippen LogP contribution >= 0.6 is 0 Å². The molecule has 1 N–H and O–H groups in total. The highest BCUT2D eigenvalue weighted by atomic mass is 19.1. The number of imide groups is 1. The Balaban J connectivity index is 0.800. The second-order valence-electron chi connectivity index (χ2n) is 16.9. The monoisotopic (exact) mass is 822 g/mol. The highest BCUT2D eigenvalue weighted by Gasteiger charge is 2.40. The lowest BCUT2D eigenvalue weighted by molar-refractivity contribution is -0.137. The fourth-order valence-corrected chi connectivity index (χ4v) is 9.66. The Morgan fingerprint density at radius 3 is 2.32 bits per heavy atom. The van der Waals surface area contributed by atoms with E-state index in [4.69, 9.17) is 11.3 Å². The molecule has 5 heterocycles.